The van der Waals surface area contributed by atoms with Gasteiger partial charge >= 0.3 is 0 Å². The Morgan fingerprint density at radius 2 is 2.00 bits per heavy atom. The van der Waals surface area contributed by atoms with Crippen LogP contribution in [0.4, 0.5) is 0 Å². The smallest absolute Gasteiger partial charge is 0.274 e. The maximum atomic E-state index is 12.2. The van der Waals surface area contributed by atoms with Crippen LogP contribution < -0.4 is 5.32 Å². The number of hydrogen-bond acceptors (Lipinski definition) is 4. The van der Waals surface area contributed by atoms with Crippen LogP contribution in [0.25, 0.3) is 0 Å². The normalized spacial score (nSPS) is 13.4. The van der Waals surface area contributed by atoms with E-state index in [9.17, 15) is 14.1 Å². The molecule has 0 spiro atoms. The van der Waals surface area contributed by atoms with Gasteiger partial charge in [0.2, 0.25) is 0 Å². The molecule has 21 heavy (non-hydrogen) atoms. The highest BCUT2D eigenvalue weighted by molar-refractivity contribution is 7.84. The van der Waals surface area contributed by atoms with Crippen LogP contribution in [0.1, 0.15) is 22.1 Å². The predicted molar refractivity (Wildman–Crippen MR) is 81.5 cm³/mol. The highest BCUT2D eigenvalue weighted by atomic mass is 32.2. The van der Waals surface area contributed by atoms with E-state index in [1.807, 2.05) is 30.3 Å². The molecule has 0 radical (unpaired) electrons. The summed E-state index contributed by atoms with van der Waals surface area (Å²) < 4.78 is 11.5. The van der Waals surface area contributed by atoms with Crippen molar-refractivity contribution >= 4 is 16.7 Å². The van der Waals surface area contributed by atoms with Gasteiger partial charge in [-0.1, -0.05) is 30.3 Å². The minimum atomic E-state index is -1.07. The molecule has 2 atom stereocenters. The van der Waals surface area contributed by atoms with E-state index in [-0.39, 0.29) is 11.4 Å². The highest BCUT2D eigenvalue weighted by Gasteiger charge is 2.19. The van der Waals surface area contributed by atoms with Crippen molar-refractivity contribution in [3.05, 3.63) is 59.9 Å². The molecule has 2 aromatic rings. The number of hydrogen-bond donors (Lipinski definition) is 2. The second kappa shape index (κ2) is 6.99. The van der Waals surface area contributed by atoms with Gasteiger partial charge in [-0.25, -0.2) is 4.98 Å². The molecule has 0 saturated carbocycles. The molecule has 0 unspecified atom stereocenters. The first kappa shape index (κ1) is 15.2. The van der Waals surface area contributed by atoms with E-state index in [4.69, 9.17) is 0 Å². The van der Waals surface area contributed by atoms with Crippen molar-refractivity contribution in [3.8, 4) is 5.75 Å². The molecule has 0 fully saturated rings. The average Bonchev–Trinajstić information content (AvgIpc) is 2.47. The predicted octanol–water partition coefficient (Wildman–Crippen LogP) is 1.64. The Morgan fingerprint density at radius 1 is 1.29 bits per heavy atom. The Morgan fingerprint density at radius 3 is 2.62 bits per heavy atom. The quantitative estimate of drug-likeness (QED) is 0.880. The minimum Gasteiger partial charge on any atom is -0.505 e. The van der Waals surface area contributed by atoms with Gasteiger partial charge in [-0.3, -0.25) is 9.00 Å². The molecular weight excluding hydrogens is 288 g/mol. The standard InChI is InChI=1S/C15H16N2O3S/c1-21(20)10-12(11-6-3-2-4-7-11)17-15(19)14-13(18)8-5-9-16-14/h2-9,12,18H,10H2,1H3,(H,17,19)/t12-,21-/m1/s1. The number of nitrogens with zero attached hydrogens (tertiary/aromatic N) is 1. The van der Waals surface area contributed by atoms with Gasteiger partial charge in [-0.2, -0.15) is 0 Å². The lowest BCUT2D eigenvalue weighted by molar-refractivity contribution is 0.0932. The molecule has 0 saturated heterocycles. The zero-order chi connectivity index (χ0) is 15.2. The molecule has 0 aliphatic heterocycles. The van der Waals surface area contributed by atoms with Crippen molar-refractivity contribution in [3.63, 3.8) is 0 Å². The first-order valence-electron chi connectivity index (χ1n) is 6.37. The number of carbonyl (C=O) groups is 1. The van der Waals surface area contributed by atoms with E-state index < -0.39 is 22.7 Å². The van der Waals surface area contributed by atoms with Gasteiger partial charge in [-0.05, 0) is 17.7 Å². The Hall–Kier alpha value is -2.21. The number of carbonyl (C=O) groups excluding carboxylic acids is 1. The Labute approximate surface area is 125 Å². The summed E-state index contributed by atoms with van der Waals surface area (Å²) in [5.41, 5.74) is 0.816. The topological polar surface area (TPSA) is 79.3 Å². The average molecular weight is 304 g/mol. The number of aromatic nitrogens is 1. The molecule has 1 aromatic carbocycles. The summed E-state index contributed by atoms with van der Waals surface area (Å²) in [5.74, 6) is -0.379. The van der Waals surface area contributed by atoms with Gasteiger partial charge in [0.25, 0.3) is 5.91 Å². The van der Waals surface area contributed by atoms with E-state index in [0.717, 1.165) is 5.56 Å². The highest BCUT2D eigenvalue weighted by Crippen LogP contribution is 2.17. The zero-order valence-corrected chi connectivity index (χ0v) is 12.3. The van der Waals surface area contributed by atoms with Gasteiger partial charge in [0.05, 0.1) is 6.04 Å². The van der Waals surface area contributed by atoms with Crippen molar-refractivity contribution in [2.45, 2.75) is 6.04 Å². The number of nitrogens with one attached hydrogen (secondary N) is 1. The summed E-state index contributed by atoms with van der Waals surface area (Å²) in [7, 11) is -1.07. The van der Waals surface area contributed by atoms with Crippen LogP contribution in [0.15, 0.2) is 48.7 Å². The monoisotopic (exact) mass is 304 g/mol. The fourth-order valence-electron chi connectivity index (χ4n) is 1.94. The fourth-order valence-corrected chi connectivity index (χ4v) is 2.68. The number of amides is 1. The number of aromatic hydroxyl groups is 1. The summed E-state index contributed by atoms with van der Waals surface area (Å²) in [5, 5.41) is 12.4. The molecule has 1 heterocycles. The van der Waals surface area contributed by atoms with E-state index in [2.05, 4.69) is 10.3 Å². The minimum absolute atomic E-state index is 0.0414. The molecule has 0 aliphatic rings. The number of benzene rings is 1. The first-order chi connectivity index (χ1) is 10.1. The molecular formula is C15H16N2O3S. The van der Waals surface area contributed by atoms with Crippen molar-refractivity contribution in [1.82, 2.24) is 10.3 Å². The Bertz CT molecular complexity index is 646. The van der Waals surface area contributed by atoms with Crippen LogP contribution >= 0.6 is 0 Å². The molecule has 1 aromatic heterocycles. The summed E-state index contributed by atoms with van der Waals surface area (Å²) in [6.07, 6.45) is 3.02. The maximum absolute atomic E-state index is 12.2. The lowest BCUT2D eigenvalue weighted by Crippen LogP contribution is -2.32. The van der Waals surface area contributed by atoms with Crippen molar-refractivity contribution < 1.29 is 14.1 Å². The van der Waals surface area contributed by atoms with Crippen LogP contribution in [-0.2, 0) is 10.8 Å². The molecule has 110 valence electrons. The van der Waals surface area contributed by atoms with Gasteiger partial charge < -0.3 is 10.4 Å². The van der Waals surface area contributed by atoms with Crippen LogP contribution in [0.3, 0.4) is 0 Å². The summed E-state index contributed by atoms with van der Waals surface area (Å²) >= 11 is 0. The second-order valence-corrected chi connectivity index (χ2v) is 6.03. The Balaban J connectivity index is 2.21. The molecule has 2 N–H and O–H groups in total. The van der Waals surface area contributed by atoms with Crippen molar-refractivity contribution in [2.75, 3.05) is 12.0 Å². The molecule has 0 aliphatic carbocycles. The van der Waals surface area contributed by atoms with E-state index >= 15 is 0 Å². The molecule has 0 bridgehead atoms. The summed E-state index contributed by atoms with van der Waals surface area (Å²) in [6.45, 7) is 0. The molecule has 2 rings (SSSR count). The molecule has 6 heteroatoms. The van der Waals surface area contributed by atoms with Crippen LogP contribution in [0.5, 0.6) is 5.75 Å². The summed E-state index contributed by atoms with van der Waals surface area (Å²) in [6, 6.07) is 11.8. The van der Waals surface area contributed by atoms with Crippen LogP contribution in [0.2, 0.25) is 0 Å². The van der Waals surface area contributed by atoms with Gasteiger partial charge in [0, 0.05) is 29.0 Å². The number of rotatable bonds is 5. The SMILES string of the molecule is C[S@@](=O)C[C@@H](NC(=O)c1ncccc1O)c1ccccc1. The largest absolute Gasteiger partial charge is 0.505 e. The van der Waals surface area contributed by atoms with Crippen molar-refractivity contribution in [1.29, 1.82) is 0 Å². The van der Waals surface area contributed by atoms with Crippen LogP contribution in [0, 0.1) is 0 Å². The maximum Gasteiger partial charge on any atom is 0.274 e. The third kappa shape index (κ3) is 4.13. The van der Waals surface area contributed by atoms with E-state index in [1.165, 1.54) is 12.3 Å². The second-order valence-electron chi connectivity index (χ2n) is 4.55. The lowest BCUT2D eigenvalue weighted by Gasteiger charge is -2.18. The third-order valence-corrected chi connectivity index (χ3v) is 3.71. The van der Waals surface area contributed by atoms with E-state index in [1.54, 1.807) is 12.3 Å². The summed E-state index contributed by atoms with van der Waals surface area (Å²) in [4.78, 5) is 16.1. The lowest BCUT2D eigenvalue weighted by atomic mass is 10.1. The third-order valence-electron chi connectivity index (χ3n) is 2.91. The van der Waals surface area contributed by atoms with Gasteiger partial charge in [-0.15, -0.1) is 0 Å². The number of pyridine rings is 1. The van der Waals surface area contributed by atoms with Crippen LogP contribution in [-0.4, -0.2) is 32.2 Å². The van der Waals surface area contributed by atoms with E-state index in [0.29, 0.717) is 5.75 Å². The first-order valence-corrected chi connectivity index (χ1v) is 8.10. The van der Waals surface area contributed by atoms with Crippen molar-refractivity contribution in [2.24, 2.45) is 0 Å². The molecule has 1 amide bonds. The molecule has 5 nitrogen and oxygen atoms in total. The van der Waals surface area contributed by atoms with Gasteiger partial charge in [0.1, 0.15) is 5.75 Å². The Kier molecular flexibility index (Phi) is 5.05. The van der Waals surface area contributed by atoms with Gasteiger partial charge in [0.15, 0.2) is 5.69 Å². The fraction of sp³-hybridized carbons (Fsp3) is 0.200. The zero-order valence-electron chi connectivity index (χ0n) is 11.5.